The first-order chi connectivity index (χ1) is 8.79. The third-order valence-corrected chi connectivity index (χ3v) is 2.94. The molecule has 0 fully saturated rings. The third-order valence-electron chi connectivity index (χ3n) is 2.94. The highest BCUT2D eigenvalue weighted by molar-refractivity contribution is 6.04. The number of amides is 1. The van der Waals surface area contributed by atoms with E-state index in [1.807, 2.05) is 6.92 Å². The highest BCUT2D eigenvalue weighted by atomic mass is 16.5. The minimum atomic E-state index is -1.19. The highest BCUT2D eigenvalue weighted by Crippen LogP contribution is 2.19. The Balaban J connectivity index is 4.63. The van der Waals surface area contributed by atoms with Gasteiger partial charge in [0.1, 0.15) is 5.41 Å². The average Bonchev–Trinajstić information content (AvgIpc) is 2.37. The second-order valence-corrected chi connectivity index (χ2v) is 4.75. The molecule has 6 nitrogen and oxygen atoms in total. The van der Waals surface area contributed by atoms with Crippen LogP contribution in [0.2, 0.25) is 0 Å². The summed E-state index contributed by atoms with van der Waals surface area (Å²) in [4.78, 5) is 36.8. The Morgan fingerprint density at radius 2 is 1.74 bits per heavy atom. The largest absolute Gasteiger partial charge is 0.465 e. The molecule has 0 aliphatic carbocycles. The number of carbonyl (C=O) groups is 3. The quantitative estimate of drug-likeness (QED) is 0.505. The van der Waals surface area contributed by atoms with Gasteiger partial charge in [0, 0.05) is 7.05 Å². The normalized spacial score (nSPS) is 11.3. The van der Waals surface area contributed by atoms with Gasteiger partial charge in [-0.25, -0.2) is 0 Å². The number of esters is 1. The van der Waals surface area contributed by atoms with Gasteiger partial charge in [-0.05, 0) is 27.3 Å². The molecule has 0 aromatic rings. The molecule has 0 rings (SSSR count). The maximum absolute atomic E-state index is 12.1. The first kappa shape index (κ1) is 17.6. The fraction of sp³-hybridized carbons (Fsp3) is 0.769. The van der Waals surface area contributed by atoms with E-state index in [0.29, 0.717) is 6.54 Å². The van der Waals surface area contributed by atoms with Crippen molar-refractivity contribution in [2.24, 2.45) is 5.41 Å². The predicted molar refractivity (Wildman–Crippen MR) is 71.6 cm³/mol. The number of ketones is 1. The Kier molecular flexibility index (Phi) is 7.29. The van der Waals surface area contributed by atoms with E-state index in [2.05, 4.69) is 5.32 Å². The van der Waals surface area contributed by atoms with Crippen molar-refractivity contribution >= 4 is 17.7 Å². The summed E-state index contributed by atoms with van der Waals surface area (Å²) in [6.45, 7) is 7.62. The molecule has 0 saturated heterocycles. The van der Waals surface area contributed by atoms with E-state index in [4.69, 9.17) is 4.74 Å². The zero-order valence-electron chi connectivity index (χ0n) is 12.4. The molecule has 0 radical (unpaired) electrons. The molecule has 0 saturated carbocycles. The van der Waals surface area contributed by atoms with Gasteiger partial charge < -0.3 is 10.1 Å². The summed E-state index contributed by atoms with van der Waals surface area (Å²) < 4.78 is 4.89. The summed E-state index contributed by atoms with van der Waals surface area (Å²) in [5.74, 6) is -0.948. The molecule has 0 aromatic carbocycles. The third kappa shape index (κ3) is 5.38. The van der Waals surface area contributed by atoms with Gasteiger partial charge in [0.25, 0.3) is 0 Å². The van der Waals surface area contributed by atoms with Gasteiger partial charge in [0.05, 0.1) is 19.7 Å². The van der Waals surface area contributed by atoms with Crippen LogP contribution in [0.15, 0.2) is 0 Å². The van der Waals surface area contributed by atoms with E-state index >= 15 is 0 Å². The number of hydrogen-bond donors (Lipinski definition) is 1. The fourth-order valence-corrected chi connectivity index (χ4v) is 1.39. The minimum absolute atomic E-state index is 0.0513. The number of nitrogens with zero attached hydrogens (tertiary/aromatic N) is 1. The predicted octanol–water partition coefficient (Wildman–Crippen LogP) is 0.213. The van der Waals surface area contributed by atoms with Crippen molar-refractivity contribution in [3.63, 3.8) is 0 Å². The molecule has 0 bridgehead atoms. The lowest BCUT2D eigenvalue weighted by molar-refractivity contribution is -0.158. The smallest absolute Gasteiger partial charge is 0.319 e. The van der Waals surface area contributed by atoms with E-state index < -0.39 is 11.4 Å². The molecule has 0 aromatic heterocycles. The lowest BCUT2D eigenvalue weighted by atomic mass is 9.88. The highest BCUT2D eigenvalue weighted by Gasteiger charge is 2.37. The second kappa shape index (κ2) is 7.89. The molecule has 0 atom stereocenters. The minimum Gasteiger partial charge on any atom is -0.465 e. The number of carbonyl (C=O) groups excluding carboxylic acids is 3. The van der Waals surface area contributed by atoms with Gasteiger partial charge in [0.2, 0.25) is 5.91 Å². The van der Waals surface area contributed by atoms with Crippen molar-refractivity contribution in [3.05, 3.63) is 0 Å². The van der Waals surface area contributed by atoms with Crippen molar-refractivity contribution in [2.75, 3.05) is 33.3 Å². The molecule has 1 amide bonds. The Bertz CT molecular complexity index is 340. The lowest BCUT2D eigenvalue weighted by Crippen LogP contribution is -2.45. The van der Waals surface area contributed by atoms with Crippen molar-refractivity contribution < 1.29 is 19.1 Å². The molecule has 6 heteroatoms. The van der Waals surface area contributed by atoms with E-state index in [0.717, 1.165) is 0 Å². The zero-order chi connectivity index (χ0) is 15.1. The van der Waals surface area contributed by atoms with Crippen molar-refractivity contribution in [3.8, 4) is 0 Å². The van der Waals surface area contributed by atoms with Crippen molar-refractivity contribution in [1.29, 1.82) is 0 Å². The van der Waals surface area contributed by atoms with Crippen LogP contribution in [0.3, 0.4) is 0 Å². The number of rotatable bonds is 8. The van der Waals surface area contributed by atoms with Crippen molar-refractivity contribution in [2.45, 2.75) is 27.7 Å². The SMILES string of the molecule is CCOC(=O)C(C)(C)C(=O)CN(CC)CC(=O)NC. The zero-order valence-corrected chi connectivity index (χ0v) is 12.4. The first-order valence-electron chi connectivity index (χ1n) is 6.43. The van der Waals surface area contributed by atoms with E-state index in [1.54, 1.807) is 32.7 Å². The molecule has 110 valence electrons. The molecule has 19 heavy (non-hydrogen) atoms. The number of ether oxygens (including phenoxy) is 1. The van der Waals surface area contributed by atoms with Gasteiger partial charge in [-0.1, -0.05) is 6.92 Å². The van der Waals surface area contributed by atoms with Crippen LogP contribution in [0.4, 0.5) is 0 Å². The van der Waals surface area contributed by atoms with Gasteiger partial charge >= 0.3 is 5.97 Å². The van der Waals surface area contributed by atoms with Crippen LogP contribution >= 0.6 is 0 Å². The van der Waals surface area contributed by atoms with Gasteiger partial charge in [0.15, 0.2) is 5.78 Å². The summed E-state index contributed by atoms with van der Waals surface area (Å²) in [5.41, 5.74) is -1.19. The number of nitrogens with one attached hydrogen (secondary N) is 1. The van der Waals surface area contributed by atoms with Crippen LogP contribution in [0, 0.1) is 5.41 Å². The summed E-state index contributed by atoms with van der Waals surface area (Å²) in [6, 6.07) is 0. The van der Waals surface area contributed by atoms with Crippen LogP contribution < -0.4 is 5.32 Å². The lowest BCUT2D eigenvalue weighted by Gasteiger charge is -2.25. The van der Waals surface area contributed by atoms with Crippen LogP contribution in [-0.4, -0.2) is 55.8 Å². The molecular formula is C13H24N2O4. The fourth-order valence-electron chi connectivity index (χ4n) is 1.39. The summed E-state index contributed by atoms with van der Waals surface area (Å²) in [6.07, 6.45) is 0. The van der Waals surface area contributed by atoms with Crippen LogP contribution in [0.25, 0.3) is 0 Å². The van der Waals surface area contributed by atoms with Crippen molar-refractivity contribution in [1.82, 2.24) is 10.2 Å². The van der Waals surface area contributed by atoms with Crippen LogP contribution in [-0.2, 0) is 19.1 Å². The van der Waals surface area contributed by atoms with Crippen LogP contribution in [0.5, 0.6) is 0 Å². The maximum Gasteiger partial charge on any atom is 0.319 e. The Morgan fingerprint density at radius 1 is 1.16 bits per heavy atom. The molecule has 1 N–H and O–H groups in total. The van der Waals surface area contributed by atoms with Gasteiger partial charge in [-0.15, -0.1) is 0 Å². The maximum atomic E-state index is 12.1. The molecule has 0 aliphatic heterocycles. The summed E-state index contributed by atoms with van der Waals surface area (Å²) in [5, 5.41) is 2.50. The summed E-state index contributed by atoms with van der Waals surface area (Å²) in [7, 11) is 1.54. The summed E-state index contributed by atoms with van der Waals surface area (Å²) >= 11 is 0. The van der Waals surface area contributed by atoms with E-state index in [9.17, 15) is 14.4 Å². The molecule has 0 unspecified atom stereocenters. The average molecular weight is 272 g/mol. The first-order valence-corrected chi connectivity index (χ1v) is 6.43. The number of hydrogen-bond acceptors (Lipinski definition) is 5. The Morgan fingerprint density at radius 3 is 2.16 bits per heavy atom. The monoisotopic (exact) mass is 272 g/mol. The van der Waals surface area contributed by atoms with Gasteiger partial charge in [-0.3, -0.25) is 19.3 Å². The standard InChI is InChI=1S/C13H24N2O4/c1-6-15(9-11(17)14-5)8-10(16)13(3,4)12(18)19-7-2/h6-9H2,1-5H3,(H,14,17). The van der Waals surface area contributed by atoms with Gasteiger partial charge in [-0.2, -0.15) is 0 Å². The van der Waals surface area contributed by atoms with Crippen LogP contribution in [0.1, 0.15) is 27.7 Å². The second-order valence-electron chi connectivity index (χ2n) is 4.75. The number of Topliss-reactive ketones (excluding diaryl/α,β-unsaturated/α-hetero) is 1. The number of likely N-dealkylation sites (N-methyl/N-ethyl adjacent to an activating group) is 2. The molecule has 0 heterocycles. The van der Waals surface area contributed by atoms with E-state index in [1.165, 1.54) is 0 Å². The molecule has 0 aliphatic rings. The topological polar surface area (TPSA) is 75.7 Å². The Hall–Kier alpha value is -1.43. The Labute approximate surface area is 114 Å². The molecule has 0 spiro atoms. The van der Waals surface area contributed by atoms with E-state index in [-0.39, 0.29) is 31.4 Å². The molecular weight excluding hydrogens is 248 g/mol.